The molecule has 2 aromatic rings. The van der Waals surface area contributed by atoms with Crippen LogP contribution in [0, 0.1) is 17.8 Å². The first-order chi connectivity index (χ1) is 12.3. The summed E-state index contributed by atoms with van der Waals surface area (Å²) < 4.78 is 0. The average molecular weight is 348 g/mol. The van der Waals surface area contributed by atoms with Gasteiger partial charge < -0.3 is 0 Å². The number of fused-ring (bicyclic) bond motifs is 2. The molecule has 0 spiro atoms. The van der Waals surface area contributed by atoms with Crippen LogP contribution in [-0.2, 0) is 0 Å². The van der Waals surface area contributed by atoms with E-state index < -0.39 is 0 Å². The van der Waals surface area contributed by atoms with Gasteiger partial charge in [-0.25, -0.2) is 0 Å². The van der Waals surface area contributed by atoms with Gasteiger partial charge in [0.2, 0.25) is 0 Å². The van der Waals surface area contributed by atoms with E-state index in [-0.39, 0.29) is 29.3 Å². The van der Waals surface area contributed by atoms with E-state index in [1.807, 2.05) is 39.0 Å². The smallest absolute Gasteiger partial charge is 0.167 e. The van der Waals surface area contributed by atoms with Crippen LogP contribution in [0.5, 0.6) is 0 Å². The highest BCUT2D eigenvalue weighted by molar-refractivity contribution is 6.15. The summed E-state index contributed by atoms with van der Waals surface area (Å²) in [6.07, 6.45) is 0. The molecule has 0 amide bonds. The number of hydrogen-bond acceptors (Lipinski definition) is 3. The second-order valence-electron chi connectivity index (χ2n) is 7.38. The van der Waals surface area contributed by atoms with Crippen molar-refractivity contribution in [3.63, 3.8) is 0 Å². The monoisotopic (exact) mass is 348 g/mol. The van der Waals surface area contributed by atoms with Gasteiger partial charge in [-0.1, -0.05) is 76.2 Å². The van der Waals surface area contributed by atoms with Crippen molar-refractivity contribution in [2.45, 2.75) is 33.6 Å². The van der Waals surface area contributed by atoms with Crippen molar-refractivity contribution in [2.75, 3.05) is 0 Å². The van der Waals surface area contributed by atoms with Gasteiger partial charge in [-0.15, -0.1) is 0 Å². The quantitative estimate of drug-likeness (QED) is 0.676. The molecule has 2 aliphatic carbocycles. The molecule has 134 valence electrons. The van der Waals surface area contributed by atoms with Crippen LogP contribution in [0.4, 0.5) is 0 Å². The van der Waals surface area contributed by atoms with Gasteiger partial charge in [0.1, 0.15) is 0 Å². The maximum absolute atomic E-state index is 11.8. The average Bonchev–Trinajstić information content (AvgIpc) is 2.90. The van der Waals surface area contributed by atoms with E-state index in [4.69, 9.17) is 0 Å². The fourth-order valence-electron chi connectivity index (χ4n) is 3.72. The Morgan fingerprint density at radius 1 is 0.500 bits per heavy atom. The molecule has 0 fully saturated rings. The molecule has 0 aromatic heterocycles. The summed E-state index contributed by atoms with van der Waals surface area (Å²) >= 11 is 0. The third-order valence-electron chi connectivity index (χ3n) is 5.92. The summed E-state index contributed by atoms with van der Waals surface area (Å²) in [5.41, 5.74) is 3.32. The molecule has 4 unspecified atom stereocenters. The van der Waals surface area contributed by atoms with Gasteiger partial charge in [0.05, 0.1) is 0 Å². The van der Waals surface area contributed by atoms with Crippen LogP contribution in [-0.4, -0.2) is 17.3 Å². The highest BCUT2D eigenvalue weighted by Crippen LogP contribution is 2.36. The predicted octanol–water partition coefficient (Wildman–Crippen LogP) is 4.96. The predicted molar refractivity (Wildman–Crippen MR) is 102 cm³/mol. The molecule has 3 heteroatoms. The molecule has 2 aromatic carbocycles. The SMILES string of the molecule is CC1C(=O)c2ccccc2C(=O)C1C.CC1C(=O)c2ccccc2C1C. The fraction of sp³-hybridized carbons (Fsp3) is 0.348. The Hall–Kier alpha value is -2.55. The molecular weight excluding hydrogens is 324 g/mol. The summed E-state index contributed by atoms with van der Waals surface area (Å²) in [5.74, 6) is 0.685. The highest BCUT2D eigenvalue weighted by Gasteiger charge is 2.35. The molecule has 0 saturated carbocycles. The van der Waals surface area contributed by atoms with Crippen LogP contribution in [0.25, 0.3) is 0 Å². The number of rotatable bonds is 0. The van der Waals surface area contributed by atoms with Crippen LogP contribution in [0.1, 0.15) is 70.3 Å². The minimum Gasteiger partial charge on any atom is -0.294 e. The van der Waals surface area contributed by atoms with E-state index in [0.717, 1.165) is 5.56 Å². The minimum atomic E-state index is -0.183. The van der Waals surface area contributed by atoms with Crippen molar-refractivity contribution < 1.29 is 14.4 Å². The third kappa shape index (κ3) is 2.92. The van der Waals surface area contributed by atoms with Gasteiger partial charge >= 0.3 is 0 Å². The van der Waals surface area contributed by atoms with E-state index in [0.29, 0.717) is 22.8 Å². The summed E-state index contributed by atoms with van der Waals surface area (Å²) in [4.78, 5) is 35.2. The summed E-state index contributed by atoms with van der Waals surface area (Å²) in [7, 11) is 0. The van der Waals surface area contributed by atoms with Crippen molar-refractivity contribution in [3.05, 3.63) is 70.8 Å². The Kier molecular flexibility index (Phi) is 4.90. The molecule has 3 nitrogen and oxygen atoms in total. The Morgan fingerprint density at radius 3 is 1.31 bits per heavy atom. The third-order valence-corrected chi connectivity index (χ3v) is 5.92. The molecule has 0 heterocycles. The fourth-order valence-corrected chi connectivity index (χ4v) is 3.72. The van der Waals surface area contributed by atoms with E-state index in [1.54, 1.807) is 24.3 Å². The minimum absolute atomic E-state index is 0.0905. The maximum atomic E-state index is 11.8. The lowest BCUT2D eigenvalue weighted by molar-refractivity contribution is 0.0763. The number of carbonyl (C=O) groups is 3. The first kappa shape index (κ1) is 18.2. The van der Waals surface area contributed by atoms with Crippen molar-refractivity contribution in [3.8, 4) is 0 Å². The van der Waals surface area contributed by atoms with Gasteiger partial charge in [0.15, 0.2) is 17.3 Å². The molecule has 0 bridgehead atoms. The highest BCUT2D eigenvalue weighted by atomic mass is 16.1. The van der Waals surface area contributed by atoms with Crippen molar-refractivity contribution >= 4 is 17.3 Å². The maximum Gasteiger partial charge on any atom is 0.167 e. The standard InChI is InChI=1S/C12H12O2.C11H12O/c1-7-8(2)12(14)10-6-4-3-5-9(10)11(7)13;1-7-8(2)11(12)10-6-4-3-5-9(7)10/h3-8H,1-2H3;3-8H,1-2H3. The Labute approximate surface area is 154 Å². The number of benzene rings is 2. The molecule has 2 aliphatic rings. The van der Waals surface area contributed by atoms with E-state index in [2.05, 4.69) is 13.0 Å². The lowest BCUT2D eigenvalue weighted by Crippen LogP contribution is -2.32. The van der Waals surface area contributed by atoms with Gasteiger partial charge in [-0.3, -0.25) is 14.4 Å². The molecule has 0 saturated heterocycles. The van der Waals surface area contributed by atoms with Crippen LogP contribution < -0.4 is 0 Å². The molecule has 4 atom stereocenters. The lowest BCUT2D eigenvalue weighted by atomic mass is 9.76. The van der Waals surface area contributed by atoms with Crippen LogP contribution in [0.15, 0.2) is 48.5 Å². The second kappa shape index (κ2) is 6.99. The molecule has 26 heavy (non-hydrogen) atoms. The van der Waals surface area contributed by atoms with E-state index in [9.17, 15) is 14.4 Å². The van der Waals surface area contributed by atoms with Crippen LogP contribution >= 0.6 is 0 Å². The Bertz CT molecular complexity index is 842. The lowest BCUT2D eigenvalue weighted by Gasteiger charge is -2.24. The number of carbonyl (C=O) groups excluding carboxylic acids is 3. The van der Waals surface area contributed by atoms with Gasteiger partial charge in [-0.05, 0) is 11.5 Å². The molecule has 4 rings (SSSR count). The van der Waals surface area contributed by atoms with Crippen molar-refractivity contribution in [1.82, 2.24) is 0 Å². The van der Waals surface area contributed by atoms with Gasteiger partial charge in [0, 0.05) is 34.4 Å². The number of hydrogen-bond donors (Lipinski definition) is 0. The molecular formula is C23H24O3. The Morgan fingerprint density at radius 2 is 0.846 bits per heavy atom. The molecule has 0 aliphatic heterocycles. The van der Waals surface area contributed by atoms with E-state index >= 15 is 0 Å². The van der Waals surface area contributed by atoms with Crippen molar-refractivity contribution in [2.24, 2.45) is 17.8 Å². The van der Waals surface area contributed by atoms with Crippen LogP contribution in [0.2, 0.25) is 0 Å². The zero-order valence-corrected chi connectivity index (χ0v) is 15.7. The van der Waals surface area contributed by atoms with Gasteiger partial charge in [0.25, 0.3) is 0 Å². The topological polar surface area (TPSA) is 51.2 Å². The largest absolute Gasteiger partial charge is 0.294 e. The Balaban J connectivity index is 0.000000152. The summed E-state index contributed by atoms with van der Waals surface area (Å²) in [6.45, 7) is 7.77. The van der Waals surface area contributed by atoms with Crippen LogP contribution in [0.3, 0.4) is 0 Å². The summed E-state index contributed by atoms with van der Waals surface area (Å²) in [5, 5.41) is 0. The zero-order valence-electron chi connectivity index (χ0n) is 15.7. The summed E-state index contributed by atoms with van der Waals surface area (Å²) in [6, 6.07) is 15.0. The zero-order chi connectivity index (χ0) is 19.0. The first-order valence-electron chi connectivity index (χ1n) is 9.15. The normalized spacial score (nSPS) is 26.7. The second-order valence-corrected chi connectivity index (χ2v) is 7.38. The number of ketones is 3. The molecule has 0 radical (unpaired) electrons. The number of Topliss-reactive ketones (excluding diaryl/α,β-unsaturated/α-hetero) is 3. The van der Waals surface area contributed by atoms with E-state index in [1.165, 1.54) is 5.56 Å². The first-order valence-corrected chi connectivity index (χ1v) is 9.15. The van der Waals surface area contributed by atoms with Crippen molar-refractivity contribution in [1.29, 1.82) is 0 Å². The molecule has 0 N–H and O–H groups in total. The van der Waals surface area contributed by atoms with Gasteiger partial charge in [-0.2, -0.15) is 0 Å².